The molecule has 1 heterocycles. The van der Waals surface area contributed by atoms with Crippen LogP contribution in [0.5, 0.6) is 0 Å². The Morgan fingerprint density at radius 2 is 1.80 bits per heavy atom. The summed E-state index contributed by atoms with van der Waals surface area (Å²) in [5.41, 5.74) is 2.38. The molecule has 4 rings (SSSR count). The van der Waals surface area contributed by atoms with Crippen molar-refractivity contribution in [2.24, 2.45) is 0 Å². The summed E-state index contributed by atoms with van der Waals surface area (Å²) in [7, 11) is 0. The van der Waals surface area contributed by atoms with E-state index in [1.807, 2.05) is 24.3 Å². The first-order chi connectivity index (χ1) is 14.4. The number of ether oxygens (including phenoxy) is 1. The van der Waals surface area contributed by atoms with Gasteiger partial charge in [0.15, 0.2) is 6.61 Å². The Bertz CT molecular complexity index is 1310. The van der Waals surface area contributed by atoms with Gasteiger partial charge in [0.25, 0.3) is 11.6 Å². The molecular weight excluding hydrogens is 388 g/mol. The molecular formula is C22H16N2O6. The van der Waals surface area contributed by atoms with Crippen LogP contribution in [0.1, 0.15) is 15.9 Å². The second-order valence-corrected chi connectivity index (χ2v) is 6.69. The molecule has 0 unspecified atom stereocenters. The monoisotopic (exact) mass is 404 g/mol. The van der Waals surface area contributed by atoms with Crippen LogP contribution in [0.25, 0.3) is 21.9 Å². The Labute approximate surface area is 170 Å². The highest BCUT2D eigenvalue weighted by atomic mass is 16.6. The number of nitro groups is 1. The van der Waals surface area contributed by atoms with E-state index in [1.165, 1.54) is 25.1 Å². The molecule has 8 heteroatoms. The number of amides is 1. The van der Waals surface area contributed by atoms with Crippen LogP contribution in [0.3, 0.4) is 0 Å². The van der Waals surface area contributed by atoms with Gasteiger partial charge >= 0.3 is 5.97 Å². The summed E-state index contributed by atoms with van der Waals surface area (Å²) in [5.74, 6) is -1.24. The lowest BCUT2D eigenvalue weighted by Gasteiger charge is -2.07. The molecule has 150 valence electrons. The van der Waals surface area contributed by atoms with Gasteiger partial charge in [-0.3, -0.25) is 14.9 Å². The number of hydrogen-bond donors (Lipinski definition) is 1. The normalized spacial score (nSPS) is 10.8. The fourth-order valence-corrected chi connectivity index (χ4v) is 3.20. The molecule has 0 aliphatic rings. The summed E-state index contributed by atoms with van der Waals surface area (Å²) in [6.07, 6.45) is 0. The van der Waals surface area contributed by atoms with Crippen LogP contribution in [-0.2, 0) is 9.53 Å². The van der Waals surface area contributed by atoms with Crippen molar-refractivity contribution in [2.45, 2.75) is 6.92 Å². The van der Waals surface area contributed by atoms with Gasteiger partial charge in [-0.2, -0.15) is 0 Å². The quantitative estimate of drug-likeness (QED) is 0.296. The van der Waals surface area contributed by atoms with Crippen molar-refractivity contribution in [3.63, 3.8) is 0 Å². The highest BCUT2D eigenvalue weighted by molar-refractivity contribution is 6.07. The van der Waals surface area contributed by atoms with Gasteiger partial charge in [-0.15, -0.1) is 0 Å². The van der Waals surface area contributed by atoms with Crippen molar-refractivity contribution < 1.29 is 23.7 Å². The molecule has 0 saturated carbocycles. The van der Waals surface area contributed by atoms with Gasteiger partial charge in [0.05, 0.1) is 10.5 Å². The van der Waals surface area contributed by atoms with Crippen molar-refractivity contribution in [1.82, 2.24) is 0 Å². The number of carbonyl (C=O) groups is 2. The maximum Gasteiger partial charge on any atom is 0.338 e. The minimum absolute atomic E-state index is 0.0912. The summed E-state index contributed by atoms with van der Waals surface area (Å²) in [6.45, 7) is 1.04. The van der Waals surface area contributed by atoms with Crippen LogP contribution in [0.4, 0.5) is 11.4 Å². The van der Waals surface area contributed by atoms with E-state index in [9.17, 15) is 19.7 Å². The second-order valence-electron chi connectivity index (χ2n) is 6.69. The maximum atomic E-state index is 12.2. The molecule has 30 heavy (non-hydrogen) atoms. The number of nitro benzene ring substituents is 1. The van der Waals surface area contributed by atoms with E-state index in [0.717, 1.165) is 16.4 Å². The van der Waals surface area contributed by atoms with Crippen molar-refractivity contribution >= 4 is 45.2 Å². The van der Waals surface area contributed by atoms with E-state index in [1.54, 1.807) is 18.2 Å². The SMILES string of the molecule is Cc1cc(C(=O)OCC(=O)Nc2ccc3oc4ccccc4c3c2)ccc1[N+](=O)[O-]. The minimum atomic E-state index is -0.737. The van der Waals surface area contributed by atoms with Crippen molar-refractivity contribution in [3.8, 4) is 0 Å². The number of rotatable bonds is 5. The number of carbonyl (C=O) groups excluding carboxylic acids is 2. The summed E-state index contributed by atoms with van der Waals surface area (Å²) in [6, 6.07) is 16.7. The first kappa shape index (κ1) is 19.1. The highest BCUT2D eigenvalue weighted by Gasteiger charge is 2.16. The Hall–Kier alpha value is -4.20. The zero-order chi connectivity index (χ0) is 21.3. The van der Waals surface area contributed by atoms with Gasteiger partial charge in [0, 0.05) is 28.1 Å². The van der Waals surface area contributed by atoms with Gasteiger partial charge < -0.3 is 14.5 Å². The molecule has 0 atom stereocenters. The lowest BCUT2D eigenvalue weighted by molar-refractivity contribution is -0.385. The zero-order valence-electron chi connectivity index (χ0n) is 15.9. The Morgan fingerprint density at radius 3 is 2.57 bits per heavy atom. The molecule has 0 bridgehead atoms. The number of anilines is 1. The van der Waals surface area contributed by atoms with Gasteiger partial charge in [0.2, 0.25) is 0 Å². The van der Waals surface area contributed by atoms with Crippen molar-refractivity contribution in [3.05, 3.63) is 81.9 Å². The smallest absolute Gasteiger partial charge is 0.338 e. The Kier molecular flexibility index (Phi) is 4.89. The van der Waals surface area contributed by atoms with E-state index in [4.69, 9.17) is 9.15 Å². The molecule has 1 aromatic heterocycles. The number of fused-ring (bicyclic) bond motifs is 3. The Morgan fingerprint density at radius 1 is 1.03 bits per heavy atom. The van der Waals surface area contributed by atoms with E-state index < -0.39 is 23.4 Å². The van der Waals surface area contributed by atoms with E-state index in [0.29, 0.717) is 16.8 Å². The zero-order valence-corrected chi connectivity index (χ0v) is 15.9. The molecule has 0 saturated heterocycles. The average molecular weight is 404 g/mol. The number of nitrogens with zero attached hydrogens (tertiary/aromatic N) is 1. The van der Waals surface area contributed by atoms with Crippen LogP contribution in [-0.4, -0.2) is 23.4 Å². The number of nitrogens with one attached hydrogen (secondary N) is 1. The van der Waals surface area contributed by atoms with Gasteiger partial charge in [0.1, 0.15) is 11.2 Å². The standard InChI is InChI=1S/C22H16N2O6/c1-13-10-14(6-8-18(13)24(27)28)22(26)29-12-21(25)23-15-7-9-20-17(11-15)16-4-2-3-5-19(16)30-20/h2-11H,12H2,1H3,(H,23,25). The molecule has 0 aliphatic heterocycles. The fourth-order valence-electron chi connectivity index (χ4n) is 3.20. The van der Waals surface area contributed by atoms with Crippen LogP contribution >= 0.6 is 0 Å². The molecule has 0 aliphatic carbocycles. The van der Waals surface area contributed by atoms with Crippen molar-refractivity contribution in [1.29, 1.82) is 0 Å². The van der Waals surface area contributed by atoms with Crippen LogP contribution in [0, 0.1) is 17.0 Å². The summed E-state index contributed by atoms with van der Waals surface area (Å²) in [4.78, 5) is 34.7. The first-order valence-electron chi connectivity index (χ1n) is 9.06. The average Bonchev–Trinajstić information content (AvgIpc) is 3.09. The fraction of sp³-hybridized carbons (Fsp3) is 0.0909. The first-order valence-corrected chi connectivity index (χ1v) is 9.06. The number of esters is 1. The van der Waals surface area contributed by atoms with E-state index in [2.05, 4.69) is 5.32 Å². The maximum absolute atomic E-state index is 12.2. The van der Waals surface area contributed by atoms with Crippen LogP contribution < -0.4 is 5.32 Å². The molecule has 4 aromatic rings. The number of para-hydroxylation sites is 1. The van der Waals surface area contributed by atoms with E-state index >= 15 is 0 Å². The van der Waals surface area contributed by atoms with Gasteiger partial charge in [-0.25, -0.2) is 4.79 Å². The summed E-state index contributed by atoms with van der Waals surface area (Å²) >= 11 is 0. The second kappa shape index (κ2) is 7.67. The molecule has 1 N–H and O–H groups in total. The minimum Gasteiger partial charge on any atom is -0.456 e. The summed E-state index contributed by atoms with van der Waals surface area (Å²) in [5, 5.41) is 15.3. The predicted molar refractivity (Wildman–Crippen MR) is 110 cm³/mol. The largest absolute Gasteiger partial charge is 0.456 e. The molecule has 0 spiro atoms. The predicted octanol–water partition coefficient (Wildman–Crippen LogP) is 4.60. The molecule has 0 fully saturated rings. The van der Waals surface area contributed by atoms with Gasteiger partial charge in [-0.1, -0.05) is 18.2 Å². The third kappa shape index (κ3) is 3.70. The van der Waals surface area contributed by atoms with E-state index in [-0.39, 0.29) is 11.3 Å². The number of aryl methyl sites for hydroxylation is 1. The van der Waals surface area contributed by atoms with Crippen LogP contribution in [0.15, 0.2) is 65.1 Å². The number of benzene rings is 3. The lowest BCUT2D eigenvalue weighted by Crippen LogP contribution is -2.21. The number of hydrogen-bond acceptors (Lipinski definition) is 6. The molecule has 1 amide bonds. The molecule has 8 nitrogen and oxygen atoms in total. The third-order valence-corrected chi connectivity index (χ3v) is 4.62. The lowest BCUT2D eigenvalue weighted by atomic mass is 10.1. The van der Waals surface area contributed by atoms with Crippen molar-refractivity contribution in [2.75, 3.05) is 11.9 Å². The molecule has 3 aromatic carbocycles. The number of furan rings is 1. The Balaban J connectivity index is 1.42. The van der Waals surface area contributed by atoms with Gasteiger partial charge in [-0.05, 0) is 43.3 Å². The van der Waals surface area contributed by atoms with Crippen LogP contribution in [0.2, 0.25) is 0 Å². The summed E-state index contributed by atoms with van der Waals surface area (Å²) < 4.78 is 10.8. The molecule has 0 radical (unpaired) electrons. The highest BCUT2D eigenvalue weighted by Crippen LogP contribution is 2.30. The topological polar surface area (TPSA) is 112 Å². The third-order valence-electron chi connectivity index (χ3n) is 4.62.